The summed E-state index contributed by atoms with van der Waals surface area (Å²) in [6.45, 7) is 0. The van der Waals surface area contributed by atoms with Gasteiger partial charge in [0.15, 0.2) is 0 Å². The Morgan fingerprint density at radius 2 is 1.61 bits per heavy atom. The van der Waals surface area contributed by atoms with Gasteiger partial charge in [0, 0.05) is 15.2 Å². The zero-order chi connectivity index (χ0) is 15.8. The van der Waals surface area contributed by atoms with Crippen molar-refractivity contribution in [2.75, 3.05) is 5.32 Å². The Kier molecular flexibility index (Phi) is 4.14. The molecule has 2 aliphatic carbocycles. The number of fused-ring (bicyclic) bond motifs is 2. The molecule has 2 fully saturated rings. The van der Waals surface area contributed by atoms with Gasteiger partial charge in [-0.05, 0) is 83.0 Å². The van der Waals surface area contributed by atoms with Crippen LogP contribution in [0.15, 0.2) is 54.6 Å². The number of halogens is 1. The van der Waals surface area contributed by atoms with E-state index >= 15 is 0 Å². The molecule has 0 radical (unpaired) electrons. The molecule has 0 saturated heterocycles. The molecule has 4 rings (SSSR count). The average molecular weight is 417 g/mol. The summed E-state index contributed by atoms with van der Waals surface area (Å²) in [4.78, 5) is 12.8. The van der Waals surface area contributed by atoms with E-state index in [1.54, 1.807) is 0 Å². The SMILES string of the molecule is O=C(Nc1ccc(I)cc1)C1C2CCCC1C2c1ccccc1. The molecular weight excluding hydrogens is 397 g/mol. The Morgan fingerprint density at radius 3 is 2.26 bits per heavy atom. The first-order valence-corrected chi connectivity index (χ1v) is 9.43. The van der Waals surface area contributed by atoms with Crippen molar-refractivity contribution in [3.05, 3.63) is 63.7 Å². The number of anilines is 1. The second kappa shape index (κ2) is 6.27. The normalized spacial score (nSPS) is 28.7. The van der Waals surface area contributed by atoms with Crippen LogP contribution in [0.2, 0.25) is 0 Å². The zero-order valence-corrected chi connectivity index (χ0v) is 15.1. The fraction of sp³-hybridized carbons (Fsp3) is 0.350. The van der Waals surface area contributed by atoms with E-state index in [1.807, 2.05) is 24.3 Å². The fourth-order valence-electron chi connectivity index (χ4n) is 4.56. The van der Waals surface area contributed by atoms with Crippen LogP contribution in [0.1, 0.15) is 30.7 Å². The Labute approximate surface area is 150 Å². The first-order valence-electron chi connectivity index (χ1n) is 8.35. The van der Waals surface area contributed by atoms with Crippen molar-refractivity contribution in [1.29, 1.82) is 0 Å². The third kappa shape index (κ3) is 2.80. The van der Waals surface area contributed by atoms with Crippen LogP contribution in [0.25, 0.3) is 0 Å². The number of hydrogen-bond donors (Lipinski definition) is 1. The molecule has 2 unspecified atom stereocenters. The minimum atomic E-state index is 0.188. The minimum Gasteiger partial charge on any atom is -0.326 e. The highest BCUT2D eigenvalue weighted by Gasteiger charge is 2.55. The first kappa shape index (κ1) is 15.2. The maximum Gasteiger partial charge on any atom is 0.228 e. The second-order valence-electron chi connectivity index (χ2n) is 6.72. The van der Waals surface area contributed by atoms with Crippen LogP contribution in [0.3, 0.4) is 0 Å². The standard InChI is InChI=1S/C20H20INO/c21-14-9-11-15(12-10-14)22-20(23)19-16-7-4-8-17(19)18(16)13-5-2-1-3-6-13/h1-3,5-6,9-12,16-19H,4,7-8H2,(H,22,23). The number of carbonyl (C=O) groups is 1. The van der Waals surface area contributed by atoms with Crippen LogP contribution in [-0.4, -0.2) is 5.91 Å². The topological polar surface area (TPSA) is 29.1 Å². The lowest BCUT2D eigenvalue weighted by molar-refractivity contribution is -0.135. The van der Waals surface area contributed by atoms with E-state index in [1.165, 1.54) is 28.4 Å². The Morgan fingerprint density at radius 1 is 0.957 bits per heavy atom. The average Bonchev–Trinajstić information content (AvgIpc) is 2.58. The number of carbonyl (C=O) groups excluding carboxylic acids is 1. The highest BCUT2D eigenvalue weighted by molar-refractivity contribution is 14.1. The largest absolute Gasteiger partial charge is 0.326 e. The molecule has 0 spiro atoms. The van der Waals surface area contributed by atoms with Crippen molar-refractivity contribution in [2.45, 2.75) is 25.2 Å². The van der Waals surface area contributed by atoms with Crippen LogP contribution in [-0.2, 0) is 4.79 Å². The first-order chi connectivity index (χ1) is 11.2. The van der Waals surface area contributed by atoms with Gasteiger partial charge in [-0.25, -0.2) is 0 Å². The summed E-state index contributed by atoms with van der Waals surface area (Å²) >= 11 is 2.28. The van der Waals surface area contributed by atoms with Crippen molar-refractivity contribution in [3.8, 4) is 0 Å². The van der Waals surface area contributed by atoms with Crippen LogP contribution >= 0.6 is 22.6 Å². The maximum atomic E-state index is 12.8. The van der Waals surface area contributed by atoms with Crippen molar-refractivity contribution < 1.29 is 4.79 Å². The summed E-state index contributed by atoms with van der Waals surface area (Å²) in [7, 11) is 0. The molecule has 1 amide bonds. The molecule has 3 heteroatoms. The molecule has 2 saturated carbocycles. The summed E-state index contributed by atoms with van der Waals surface area (Å²) < 4.78 is 1.19. The van der Waals surface area contributed by atoms with Crippen molar-refractivity contribution in [2.24, 2.45) is 17.8 Å². The minimum absolute atomic E-state index is 0.188. The summed E-state index contributed by atoms with van der Waals surface area (Å²) in [5.41, 5.74) is 2.33. The van der Waals surface area contributed by atoms with Crippen molar-refractivity contribution in [1.82, 2.24) is 0 Å². The smallest absolute Gasteiger partial charge is 0.228 e. The molecule has 2 aromatic carbocycles. The molecule has 0 aromatic heterocycles. The molecule has 1 N–H and O–H groups in total. The number of rotatable bonds is 3. The summed E-state index contributed by atoms with van der Waals surface area (Å²) in [5, 5.41) is 3.13. The molecule has 2 aliphatic rings. The molecule has 2 aromatic rings. The predicted octanol–water partition coefficient (Wildman–Crippen LogP) is 5.06. The molecule has 0 aliphatic heterocycles. The lowest BCUT2D eigenvalue weighted by Gasteiger charge is -2.55. The Balaban J connectivity index is 1.50. The number of nitrogens with one attached hydrogen (secondary N) is 1. The van der Waals surface area contributed by atoms with E-state index in [0.29, 0.717) is 17.8 Å². The Bertz CT molecular complexity index is 685. The number of amides is 1. The van der Waals surface area contributed by atoms with Gasteiger partial charge in [0.2, 0.25) is 5.91 Å². The van der Waals surface area contributed by atoms with E-state index in [4.69, 9.17) is 0 Å². The van der Waals surface area contributed by atoms with Gasteiger partial charge in [-0.15, -0.1) is 0 Å². The zero-order valence-electron chi connectivity index (χ0n) is 12.9. The summed E-state index contributed by atoms with van der Waals surface area (Å²) in [6, 6.07) is 18.8. The van der Waals surface area contributed by atoms with Crippen LogP contribution < -0.4 is 5.32 Å². The van der Waals surface area contributed by atoms with Crippen LogP contribution in [0.4, 0.5) is 5.69 Å². The van der Waals surface area contributed by atoms with Gasteiger partial charge >= 0.3 is 0 Å². The highest BCUT2D eigenvalue weighted by atomic mass is 127. The van der Waals surface area contributed by atoms with Crippen molar-refractivity contribution >= 4 is 34.2 Å². The van der Waals surface area contributed by atoms with E-state index in [0.717, 1.165) is 5.69 Å². The third-order valence-electron chi connectivity index (χ3n) is 5.52. The Hall–Kier alpha value is -1.36. The fourth-order valence-corrected chi connectivity index (χ4v) is 4.92. The lowest BCUT2D eigenvalue weighted by Crippen LogP contribution is -2.53. The monoisotopic (exact) mass is 417 g/mol. The summed E-state index contributed by atoms with van der Waals surface area (Å²) in [6.07, 6.45) is 3.63. The molecule has 2 atom stereocenters. The second-order valence-corrected chi connectivity index (χ2v) is 7.96. The van der Waals surface area contributed by atoms with E-state index in [-0.39, 0.29) is 11.8 Å². The molecular formula is C20H20INO. The molecule has 2 bridgehead atoms. The van der Waals surface area contributed by atoms with Crippen LogP contribution in [0, 0.1) is 21.3 Å². The van der Waals surface area contributed by atoms with Gasteiger partial charge in [0.25, 0.3) is 0 Å². The van der Waals surface area contributed by atoms with Gasteiger partial charge < -0.3 is 5.32 Å². The van der Waals surface area contributed by atoms with Gasteiger partial charge in [0.05, 0.1) is 0 Å². The maximum absolute atomic E-state index is 12.8. The van der Waals surface area contributed by atoms with E-state index in [9.17, 15) is 4.79 Å². The van der Waals surface area contributed by atoms with Gasteiger partial charge in [-0.2, -0.15) is 0 Å². The van der Waals surface area contributed by atoms with E-state index in [2.05, 4.69) is 58.2 Å². The van der Waals surface area contributed by atoms with E-state index < -0.39 is 0 Å². The molecule has 0 heterocycles. The lowest BCUT2D eigenvalue weighted by atomic mass is 9.48. The van der Waals surface area contributed by atoms with Crippen molar-refractivity contribution in [3.63, 3.8) is 0 Å². The third-order valence-corrected chi connectivity index (χ3v) is 6.24. The predicted molar refractivity (Wildman–Crippen MR) is 101 cm³/mol. The van der Waals surface area contributed by atoms with Gasteiger partial charge in [-0.3, -0.25) is 4.79 Å². The van der Waals surface area contributed by atoms with Crippen LogP contribution in [0.5, 0.6) is 0 Å². The summed E-state index contributed by atoms with van der Waals surface area (Å²) in [5.74, 6) is 2.01. The number of hydrogen-bond acceptors (Lipinski definition) is 1. The van der Waals surface area contributed by atoms with Gasteiger partial charge in [0.1, 0.15) is 0 Å². The number of benzene rings is 2. The molecule has 23 heavy (non-hydrogen) atoms. The molecule has 2 nitrogen and oxygen atoms in total. The highest BCUT2D eigenvalue weighted by Crippen LogP contribution is 2.60. The quantitative estimate of drug-likeness (QED) is 0.696. The van der Waals surface area contributed by atoms with Gasteiger partial charge in [-0.1, -0.05) is 36.8 Å². The molecule has 118 valence electrons.